The first-order valence-corrected chi connectivity index (χ1v) is 8.12. The highest BCUT2D eigenvalue weighted by atomic mass is 32.2. The first kappa shape index (κ1) is 13.8. The molecule has 1 amide bonds. The number of likely N-dealkylation sites (tertiary alicyclic amines) is 1. The van der Waals surface area contributed by atoms with Gasteiger partial charge in [-0.3, -0.25) is 4.79 Å². The monoisotopic (exact) mass is 285 g/mol. The molecular weight excluding hydrogens is 266 g/mol. The average molecular weight is 285 g/mol. The van der Waals surface area contributed by atoms with Gasteiger partial charge in [0.2, 0.25) is 5.91 Å². The number of hydrogen-bond donors (Lipinski definition) is 0. The standard InChI is InChI=1S/C12H19N3OS2/c1-8-5-4-6-9(2)15(8)11(16)7-17-12-14-13-10(3)18-12/h8-9H,4-7H2,1-3H3. The maximum absolute atomic E-state index is 12.3. The largest absolute Gasteiger partial charge is 0.337 e. The van der Waals surface area contributed by atoms with Crippen LogP contribution in [0.1, 0.15) is 38.1 Å². The molecule has 1 aromatic rings. The first-order chi connectivity index (χ1) is 8.58. The number of aryl methyl sites for hydroxylation is 1. The van der Waals surface area contributed by atoms with Crippen LogP contribution in [0.3, 0.4) is 0 Å². The van der Waals surface area contributed by atoms with Gasteiger partial charge in [0.15, 0.2) is 4.34 Å². The lowest BCUT2D eigenvalue weighted by Gasteiger charge is -2.39. The molecule has 0 spiro atoms. The second-order valence-corrected chi connectivity index (χ2v) is 7.21. The Balaban J connectivity index is 1.90. The minimum atomic E-state index is 0.229. The maximum Gasteiger partial charge on any atom is 0.233 e. The summed E-state index contributed by atoms with van der Waals surface area (Å²) in [7, 11) is 0. The fourth-order valence-electron chi connectivity index (χ4n) is 2.45. The summed E-state index contributed by atoms with van der Waals surface area (Å²) in [5.41, 5.74) is 0. The number of carbonyl (C=O) groups is 1. The molecule has 1 saturated heterocycles. The fraction of sp³-hybridized carbons (Fsp3) is 0.750. The predicted molar refractivity (Wildman–Crippen MR) is 75.0 cm³/mol. The molecule has 0 aliphatic carbocycles. The summed E-state index contributed by atoms with van der Waals surface area (Å²) in [4.78, 5) is 14.3. The van der Waals surface area contributed by atoms with E-state index in [-0.39, 0.29) is 5.91 Å². The van der Waals surface area contributed by atoms with Crippen LogP contribution in [0.4, 0.5) is 0 Å². The molecule has 1 aliphatic rings. The van der Waals surface area contributed by atoms with Crippen LogP contribution in [0.2, 0.25) is 0 Å². The molecule has 0 N–H and O–H groups in total. The van der Waals surface area contributed by atoms with Crippen molar-refractivity contribution in [3.05, 3.63) is 5.01 Å². The third-order valence-corrected chi connectivity index (χ3v) is 5.26. The fourth-order valence-corrected chi connectivity index (χ4v) is 4.13. The summed E-state index contributed by atoms with van der Waals surface area (Å²) >= 11 is 3.05. The molecular formula is C12H19N3OS2. The molecule has 2 rings (SSSR count). The maximum atomic E-state index is 12.3. The van der Waals surface area contributed by atoms with Crippen LogP contribution < -0.4 is 0 Å². The molecule has 1 aliphatic heterocycles. The minimum Gasteiger partial charge on any atom is -0.337 e. The van der Waals surface area contributed by atoms with Gasteiger partial charge in [-0.25, -0.2) is 0 Å². The van der Waals surface area contributed by atoms with Crippen LogP contribution in [-0.4, -0.2) is 38.8 Å². The molecule has 2 atom stereocenters. The zero-order valence-corrected chi connectivity index (χ0v) is 12.7. The summed E-state index contributed by atoms with van der Waals surface area (Å²) in [6.45, 7) is 6.22. The summed E-state index contributed by atoms with van der Waals surface area (Å²) in [6, 6.07) is 0.746. The smallest absolute Gasteiger partial charge is 0.233 e. The van der Waals surface area contributed by atoms with Gasteiger partial charge in [-0.15, -0.1) is 10.2 Å². The van der Waals surface area contributed by atoms with Gasteiger partial charge in [-0.1, -0.05) is 23.1 Å². The van der Waals surface area contributed by atoms with Crippen molar-refractivity contribution in [3.63, 3.8) is 0 Å². The third kappa shape index (κ3) is 3.23. The molecule has 0 aromatic carbocycles. The minimum absolute atomic E-state index is 0.229. The number of hydrogen-bond acceptors (Lipinski definition) is 5. The highest BCUT2D eigenvalue weighted by Crippen LogP contribution is 2.26. The zero-order chi connectivity index (χ0) is 13.1. The predicted octanol–water partition coefficient (Wildman–Crippen LogP) is 2.73. The van der Waals surface area contributed by atoms with Crippen LogP contribution in [0, 0.1) is 6.92 Å². The van der Waals surface area contributed by atoms with Gasteiger partial charge in [-0.2, -0.15) is 0 Å². The Morgan fingerprint density at radius 3 is 2.61 bits per heavy atom. The summed E-state index contributed by atoms with van der Waals surface area (Å²) < 4.78 is 0.887. The van der Waals surface area contributed by atoms with Gasteiger partial charge in [0.25, 0.3) is 0 Å². The molecule has 0 radical (unpaired) electrons. The Labute approximate surface area is 116 Å². The number of thioether (sulfide) groups is 1. The van der Waals surface area contributed by atoms with Gasteiger partial charge in [0.05, 0.1) is 5.75 Å². The van der Waals surface area contributed by atoms with Gasteiger partial charge < -0.3 is 4.90 Å². The summed E-state index contributed by atoms with van der Waals surface area (Å²) in [6.07, 6.45) is 3.48. The molecule has 0 bridgehead atoms. The van der Waals surface area contributed by atoms with Gasteiger partial charge in [-0.05, 0) is 40.0 Å². The molecule has 1 fully saturated rings. The van der Waals surface area contributed by atoms with Crippen molar-refractivity contribution in [2.45, 2.75) is 56.5 Å². The van der Waals surface area contributed by atoms with Crippen LogP contribution in [0.5, 0.6) is 0 Å². The van der Waals surface area contributed by atoms with E-state index in [1.54, 1.807) is 11.3 Å². The summed E-state index contributed by atoms with van der Waals surface area (Å²) in [5, 5.41) is 8.94. The van der Waals surface area contributed by atoms with Gasteiger partial charge in [0, 0.05) is 12.1 Å². The average Bonchev–Trinajstić information content (AvgIpc) is 2.72. The quantitative estimate of drug-likeness (QED) is 0.801. The number of amides is 1. The lowest BCUT2D eigenvalue weighted by molar-refractivity contribution is -0.134. The van der Waals surface area contributed by atoms with E-state index in [9.17, 15) is 4.79 Å². The molecule has 2 heterocycles. The first-order valence-electron chi connectivity index (χ1n) is 6.32. The molecule has 2 unspecified atom stereocenters. The number of carbonyl (C=O) groups excluding carboxylic acids is 1. The Morgan fingerprint density at radius 1 is 1.39 bits per heavy atom. The highest BCUT2D eigenvalue weighted by Gasteiger charge is 2.28. The Kier molecular flexibility index (Phi) is 4.61. The van der Waals surface area contributed by atoms with E-state index in [1.165, 1.54) is 18.2 Å². The van der Waals surface area contributed by atoms with E-state index in [4.69, 9.17) is 0 Å². The topological polar surface area (TPSA) is 46.1 Å². The highest BCUT2D eigenvalue weighted by molar-refractivity contribution is 8.01. The van der Waals surface area contributed by atoms with Crippen LogP contribution in [-0.2, 0) is 4.79 Å². The molecule has 4 nitrogen and oxygen atoms in total. The van der Waals surface area contributed by atoms with Crippen molar-refractivity contribution in [3.8, 4) is 0 Å². The summed E-state index contributed by atoms with van der Waals surface area (Å²) in [5.74, 6) is 0.705. The molecule has 18 heavy (non-hydrogen) atoms. The van der Waals surface area contributed by atoms with E-state index in [2.05, 4.69) is 24.0 Å². The van der Waals surface area contributed by atoms with E-state index in [0.29, 0.717) is 17.8 Å². The van der Waals surface area contributed by atoms with Gasteiger partial charge in [0.1, 0.15) is 5.01 Å². The second-order valence-electron chi connectivity index (χ2n) is 4.81. The van der Waals surface area contributed by atoms with Crippen molar-refractivity contribution in [2.24, 2.45) is 0 Å². The normalized spacial score (nSPS) is 24.3. The molecule has 100 valence electrons. The lowest BCUT2D eigenvalue weighted by atomic mass is 9.98. The van der Waals surface area contributed by atoms with Crippen molar-refractivity contribution >= 4 is 29.0 Å². The Morgan fingerprint density at radius 2 is 2.06 bits per heavy atom. The third-order valence-electron chi connectivity index (χ3n) is 3.31. The van der Waals surface area contributed by atoms with Crippen LogP contribution in [0.15, 0.2) is 4.34 Å². The SMILES string of the molecule is Cc1nnc(SCC(=O)N2C(C)CCCC2C)s1. The van der Waals surface area contributed by atoms with Crippen LogP contribution >= 0.6 is 23.1 Å². The zero-order valence-electron chi connectivity index (χ0n) is 11.0. The second kappa shape index (κ2) is 6.02. The van der Waals surface area contributed by atoms with E-state index in [1.807, 2.05) is 11.8 Å². The van der Waals surface area contributed by atoms with E-state index in [0.717, 1.165) is 22.2 Å². The Hall–Kier alpha value is -0.620. The molecule has 0 saturated carbocycles. The lowest BCUT2D eigenvalue weighted by Crippen LogP contribution is -2.48. The number of piperidine rings is 1. The van der Waals surface area contributed by atoms with E-state index >= 15 is 0 Å². The van der Waals surface area contributed by atoms with Gasteiger partial charge >= 0.3 is 0 Å². The molecule has 6 heteroatoms. The number of aromatic nitrogens is 2. The van der Waals surface area contributed by atoms with Crippen molar-refractivity contribution in [1.82, 2.24) is 15.1 Å². The van der Waals surface area contributed by atoms with Crippen molar-refractivity contribution < 1.29 is 4.79 Å². The number of nitrogens with zero attached hydrogens (tertiary/aromatic N) is 3. The van der Waals surface area contributed by atoms with E-state index < -0.39 is 0 Å². The molecule has 1 aromatic heterocycles. The van der Waals surface area contributed by atoms with Crippen LogP contribution in [0.25, 0.3) is 0 Å². The van der Waals surface area contributed by atoms with Crippen molar-refractivity contribution in [2.75, 3.05) is 5.75 Å². The number of rotatable bonds is 3. The van der Waals surface area contributed by atoms with Crippen molar-refractivity contribution in [1.29, 1.82) is 0 Å². The Bertz CT molecular complexity index is 411.